The first-order valence-electron chi connectivity index (χ1n) is 6.43. The maximum Gasteiger partial charge on any atom is 0.248 e. The molecule has 0 bridgehead atoms. The van der Waals surface area contributed by atoms with Gasteiger partial charge in [0.25, 0.3) is 0 Å². The van der Waals surface area contributed by atoms with Gasteiger partial charge in [-0.1, -0.05) is 13.8 Å². The molecule has 2 saturated carbocycles. The van der Waals surface area contributed by atoms with E-state index in [0.29, 0.717) is 12.8 Å². The molecule has 0 aliphatic heterocycles. The third-order valence-corrected chi connectivity index (χ3v) is 4.12. The molecule has 0 spiro atoms. The Balaban J connectivity index is 0.000000686. The lowest BCUT2D eigenvalue weighted by atomic mass is 9.70. The minimum absolute atomic E-state index is 0.0461. The van der Waals surface area contributed by atoms with Crippen molar-refractivity contribution in [3.8, 4) is 0 Å². The molecule has 0 atom stereocenters. The maximum atomic E-state index is 13.0. The molecule has 2 nitrogen and oxygen atoms in total. The molecule has 0 aromatic carbocycles. The van der Waals surface area contributed by atoms with E-state index >= 15 is 0 Å². The fraction of sp³-hybridized carbons (Fsp3) is 0.923. The van der Waals surface area contributed by atoms with E-state index < -0.39 is 16.9 Å². The Hall–Kier alpha value is -0.510. The van der Waals surface area contributed by atoms with E-state index in [-0.39, 0.29) is 31.5 Å². The predicted molar refractivity (Wildman–Crippen MR) is 62.1 cm³/mol. The average Bonchev–Trinajstić information content (AvgIpc) is 3.07. The molecule has 1 N–H and O–H groups in total. The molecule has 2 fully saturated rings. The minimum atomic E-state index is -2.65. The van der Waals surface area contributed by atoms with Crippen molar-refractivity contribution in [2.75, 3.05) is 0 Å². The number of ketones is 1. The molecule has 0 heterocycles. The summed E-state index contributed by atoms with van der Waals surface area (Å²) in [5.41, 5.74) is -1.86. The Bertz CT molecular complexity index is 286. The highest BCUT2D eigenvalue weighted by atomic mass is 19.3. The average molecular weight is 248 g/mol. The SMILES string of the molecule is CC.CC(=O)C1(C2(O)CCC(F)(F)CC2)CC1. The smallest absolute Gasteiger partial charge is 0.248 e. The van der Waals surface area contributed by atoms with E-state index in [1.54, 1.807) is 0 Å². The molecule has 2 aliphatic carbocycles. The Morgan fingerprint density at radius 1 is 1.00 bits per heavy atom. The fourth-order valence-corrected chi connectivity index (χ4v) is 2.78. The summed E-state index contributed by atoms with van der Waals surface area (Å²) in [6.45, 7) is 5.46. The highest BCUT2D eigenvalue weighted by Gasteiger charge is 2.63. The van der Waals surface area contributed by atoms with E-state index in [1.165, 1.54) is 6.92 Å². The Labute approximate surface area is 101 Å². The first-order valence-corrected chi connectivity index (χ1v) is 6.43. The third-order valence-electron chi connectivity index (χ3n) is 4.12. The normalized spacial score (nSPS) is 27.6. The summed E-state index contributed by atoms with van der Waals surface area (Å²) in [5, 5.41) is 10.3. The van der Waals surface area contributed by atoms with Gasteiger partial charge >= 0.3 is 0 Å². The van der Waals surface area contributed by atoms with Gasteiger partial charge in [-0.3, -0.25) is 4.79 Å². The summed E-state index contributed by atoms with van der Waals surface area (Å²) in [6.07, 6.45) is 0.838. The number of halogens is 2. The highest BCUT2D eigenvalue weighted by molar-refractivity contribution is 5.86. The second kappa shape index (κ2) is 4.63. The van der Waals surface area contributed by atoms with E-state index in [4.69, 9.17) is 0 Å². The van der Waals surface area contributed by atoms with Gasteiger partial charge in [0.1, 0.15) is 5.78 Å². The zero-order valence-corrected chi connectivity index (χ0v) is 10.9. The summed E-state index contributed by atoms with van der Waals surface area (Å²) in [4.78, 5) is 11.4. The van der Waals surface area contributed by atoms with Crippen LogP contribution in [0.4, 0.5) is 8.78 Å². The van der Waals surface area contributed by atoms with Crippen molar-refractivity contribution in [3.63, 3.8) is 0 Å². The van der Waals surface area contributed by atoms with Crippen molar-refractivity contribution in [1.82, 2.24) is 0 Å². The monoisotopic (exact) mass is 248 g/mol. The Morgan fingerprint density at radius 3 is 1.71 bits per heavy atom. The molecule has 2 rings (SSSR count). The van der Waals surface area contributed by atoms with Crippen LogP contribution in [0, 0.1) is 5.41 Å². The van der Waals surface area contributed by atoms with Crippen LogP contribution in [0.5, 0.6) is 0 Å². The van der Waals surface area contributed by atoms with E-state index in [1.807, 2.05) is 13.8 Å². The van der Waals surface area contributed by atoms with Gasteiger partial charge in [0.2, 0.25) is 5.92 Å². The van der Waals surface area contributed by atoms with Gasteiger partial charge in [-0.15, -0.1) is 0 Å². The van der Waals surface area contributed by atoms with Gasteiger partial charge < -0.3 is 5.11 Å². The predicted octanol–water partition coefficient (Wildman–Crippen LogP) is 3.32. The van der Waals surface area contributed by atoms with Crippen LogP contribution in [0.2, 0.25) is 0 Å². The lowest BCUT2D eigenvalue weighted by molar-refractivity contribution is -0.152. The summed E-state index contributed by atoms with van der Waals surface area (Å²) in [6, 6.07) is 0. The van der Waals surface area contributed by atoms with Crippen molar-refractivity contribution in [3.05, 3.63) is 0 Å². The van der Waals surface area contributed by atoms with Gasteiger partial charge in [0.15, 0.2) is 0 Å². The number of carbonyl (C=O) groups excluding carboxylic acids is 1. The second-order valence-electron chi connectivity index (χ2n) is 5.03. The Kier molecular flexibility index (Phi) is 3.97. The summed E-state index contributed by atoms with van der Waals surface area (Å²) < 4.78 is 25.9. The van der Waals surface area contributed by atoms with Gasteiger partial charge in [-0.2, -0.15) is 0 Å². The van der Waals surface area contributed by atoms with Gasteiger partial charge in [-0.05, 0) is 32.6 Å². The highest BCUT2D eigenvalue weighted by Crippen LogP contribution is 2.60. The topological polar surface area (TPSA) is 37.3 Å². The van der Waals surface area contributed by atoms with Crippen molar-refractivity contribution in [2.24, 2.45) is 5.41 Å². The van der Waals surface area contributed by atoms with Crippen molar-refractivity contribution < 1.29 is 18.7 Å². The van der Waals surface area contributed by atoms with Crippen molar-refractivity contribution in [2.45, 2.75) is 70.8 Å². The van der Waals surface area contributed by atoms with Gasteiger partial charge in [0.05, 0.1) is 11.0 Å². The zero-order chi connectivity index (χ0) is 13.3. The molecule has 0 aromatic heterocycles. The molecule has 17 heavy (non-hydrogen) atoms. The molecule has 0 unspecified atom stereocenters. The van der Waals surface area contributed by atoms with Crippen molar-refractivity contribution >= 4 is 5.78 Å². The molecule has 100 valence electrons. The van der Waals surface area contributed by atoms with Crippen LogP contribution in [0.15, 0.2) is 0 Å². The van der Waals surface area contributed by atoms with Gasteiger partial charge in [-0.25, -0.2) is 8.78 Å². The number of hydrogen-bond donors (Lipinski definition) is 1. The first kappa shape index (κ1) is 14.6. The molecule has 4 heteroatoms. The van der Waals surface area contributed by atoms with Gasteiger partial charge in [0, 0.05) is 12.8 Å². The molecule has 0 saturated heterocycles. The van der Waals surface area contributed by atoms with Crippen LogP contribution in [-0.4, -0.2) is 22.4 Å². The number of alkyl halides is 2. The van der Waals surface area contributed by atoms with E-state index in [9.17, 15) is 18.7 Å². The van der Waals surface area contributed by atoms with Crippen LogP contribution in [0.25, 0.3) is 0 Å². The first-order chi connectivity index (χ1) is 7.81. The largest absolute Gasteiger partial charge is 0.389 e. The third kappa shape index (κ3) is 2.51. The van der Waals surface area contributed by atoms with Crippen LogP contribution < -0.4 is 0 Å². The molecule has 0 amide bonds. The van der Waals surface area contributed by atoms with E-state index in [2.05, 4.69) is 0 Å². The lowest BCUT2D eigenvalue weighted by Crippen LogP contribution is -2.48. The van der Waals surface area contributed by atoms with Crippen LogP contribution in [-0.2, 0) is 4.79 Å². The fourth-order valence-electron chi connectivity index (χ4n) is 2.78. The van der Waals surface area contributed by atoms with Crippen molar-refractivity contribution in [1.29, 1.82) is 0 Å². The number of hydrogen-bond acceptors (Lipinski definition) is 2. The molecule has 0 aromatic rings. The van der Waals surface area contributed by atoms with Crippen LogP contribution >= 0.6 is 0 Å². The maximum absolute atomic E-state index is 13.0. The quantitative estimate of drug-likeness (QED) is 0.814. The lowest BCUT2D eigenvalue weighted by Gasteiger charge is -2.41. The standard InChI is InChI=1S/C11H16F2O2.C2H6/c1-8(14)9(2-3-9)10(15)4-6-11(12,13)7-5-10;1-2/h15H,2-7H2,1H3;1-2H3. The molecule has 0 radical (unpaired) electrons. The molecule has 2 aliphatic rings. The van der Waals surface area contributed by atoms with Crippen LogP contribution in [0.1, 0.15) is 59.3 Å². The summed E-state index contributed by atoms with van der Waals surface area (Å²) >= 11 is 0. The summed E-state index contributed by atoms with van der Waals surface area (Å²) in [7, 11) is 0. The summed E-state index contributed by atoms with van der Waals surface area (Å²) in [5.74, 6) is -2.70. The minimum Gasteiger partial charge on any atom is -0.389 e. The van der Waals surface area contributed by atoms with Crippen LogP contribution in [0.3, 0.4) is 0 Å². The number of aliphatic hydroxyl groups is 1. The molecular weight excluding hydrogens is 226 g/mol. The zero-order valence-electron chi connectivity index (χ0n) is 10.9. The van der Waals surface area contributed by atoms with E-state index in [0.717, 1.165) is 0 Å². The second-order valence-corrected chi connectivity index (χ2v) is 5.03. The number of rotatable bonds is 2. The Morgan fingerprint density at radius 2 is 1.41 bits per heavy atom. The number of Topliss-reactive ketones (excluding diaryl/α,β-unsaturated/α-hetero) is 1. The number of carbonyl (C=O) groups is 1. The molecular formula is C13H22F2O2.